The van der Waals surface area contributed by atoms with Gasteiger partial charge in [0.25, 0.3) is 11.8 Å². The Bertz CT molecular complexity index is 1810. The Balaban J connectivity index is 1.32. The van der Waals surface area contributed by atoms with Crippen molar-refractivity contribution in [3.63, 3.8) is 0 Å². The van der Waals surface area contributed by atoms with Crippen LogP contribution in [0.4, 0.5) is 18.3 Å². The van der Waals surface area contributed by atoms with Gasteiger partial charge in [0.2, 0.25) is 5.16 Å². The molecule has 2 atom stereocenters. The van der Waals surface area contributed by atoms with Crippen LogP contribution in [0.3, 0.4) is 0 Å². The van der Waals surface area contributed by atoms with Gasteiger partial charge in [0.05, 0.1) is 0 Å². The lowest BCUT2D eigenvalue weighted by atomic mass is 10.0. The van der Waals surface area contributed by atoms with Gasteiger partial charge in [-0.2, -0.15) is 13.2 Å². The van der Waals surface area contributed by atoms with Crippen LogP contribution in [0.5, 0.6) is 0 Å². The Morgan fingerprint density at radius 3 is 2.72 bits per heavy atom. The number of nitrogens with one attached hydrogen (secondary N) is 2. The Kier molecular flexibility index (Phi) is 10.1. The van der Waals surface area contributed by atoms with E-state index in [2.05, 4.69) is 36.9 Å². The molecule has 2 unspecified atom stereocenters. The van der Waals surface area contributed by atoms with E-state index < -0.39 is 52.1 Å². The number of anilines is 1. The molecule has 1 aromatic carbocycles. The highest BCUT2D eigenvalue weighted by molar-refractivity contribution is 8.01. The molecule has 21 heteroatoms. The summed E-state index contributed by atoms with van der Waals surface area (Å²) in [5.74, 6) is -2.56. The number of fused-ring (bicyclic) bond motifs is 1. The number of thioether (sulfide) groups is 2. The summed E-state index contributed by atoms with van der Waals surface area (Å²) in [7, 11) is 0. The predicted octanol–water partition coefficient (Wildman–Crippen LogP) is 1.72. The number of benzene rings is 1. The van der Waals surface area contributed by atoms with Gasteiger partial charge >= 0.3 is 18.1 Å². The number of oxime groups is 1. The van der Waals surface area contributed by atoms with Crippen molar-refractivity contribution in [1.29, 1.82) is 0 Å². The zero-order valence-electron chi connectivity index (χ0n) is 23.5. The number of alkyl halides is 3. The molecule has 1 fully saturated rings. The quantitative estimate of drug-likeness (QED) is 0.0813. The molecule has 244 valence electrons. The summed E-state index contributed by atoms with van der Waals surface area (Å²) in [5.41, 5.74) is 0.135. The number of hydrogen-bond acceptors (Lipinski definition) is 13. The number of aromatic nitrogens is 5. The summed E-state index contributed by atoms with van der Waals surface area (Å²) in [6, 6.07) is 7.54. The third-order valence-corrected chi connectivity index (χ3v) is 9.46. The number of halogens is 3. The van der Waals surface area contributed by atoms with Crippen molar-refractivity contribution < 1.29 is 42.3 Å². The summed E-state index contributed by atoms with van der Waals surface area (Å²) in [4.78, 5) is 60.5. The second kappa shape index (κ2) is 14.2. The molecule has 0 saturated carbocycles. The number of β-lactam (4-membered cyclic amide) rings is 1. The van der Waals surface area contributed by atoms with E-state index in [1.54, 1.807) is 35.6 Å². The molecule has 3 amide bonds. The summed E-state index contributed by atoms with van der Waals surface area (Å²) in [6.07, 6.45) is 0.142. The van der Waals surface area contributed by atoms with E-state index in [1.165, 1.54) is 21.8 Å². The minimum Gasteiger partial charge on any atom is -0.477 e. The lowest BCUT2D eigenvalue weighted by molar-refractivity contribution is -0.167. The van der Waals surface area contributed by atoms with Gasteiger partial charge in [0.1, 0.15) is 36.0 Å². The lowest BCUT2D eigenvalue weighted by Gasteiger charge is -2.49. The van der Waals surface area contributed by atoms with Crippen LogP contribution in [0.15, 0.2) is 57.3 Å². The molecule has 4 heterocycles. The van der Waals surface area contributed by atoms with Crippen molar-refractivity contribution in [2.45, 2.75) is 35.9 Å². The largest absolute Gasteiger partial charge is 0.477 e. The number of nitrogens with zero attached hydrogens (tertiary/aromatic N) is 7. The number of thiazole rings is 1. The monoisotopic (exact) mass is 707 g/mol. The number of carboxylic acids is 1. The highest BCUT2D eigenvalue weighted by atomic mass is 32.2. The highest BCUT2D eigenvalue weighted by Crippen LogP contribution is 2.41. The summed E-state index contributed by atoms with van der Waals surface area (Å²) in [6.45, 7) is 0.0205. The number of carbonyl (C=O) groups is 4. The molecule has 0 bridgehead atoms. The minimum absolute atomic E-state index is 0.0866. The van der Waals surface area contributed by atoms with Gasteiger partial charge in [-0.3, -0.25) is 24.6 Å². The fourth-order valence-electron chi connectivity index (χ4n) is 4.20. The molecular formula is C26H20F3N9O6S3. The van der Waals surface area contributed by atoms with Gasteiger partial charge in [-0.05, 0) is 21.6 Å². The first-order valence-corrected chi connectivity index (χ1v) is 16.0. The van der Waals surface area contributed by atoms with Crippen molar-refractivity contribution in [3.8, 4) is 12.3 Å². The van der Waals surface area contributed by atoms with Gasteiger partial charge < -0.3 is 15.3 Å². The Labute approximate surface area is 275 Å². The molecule has 5 rings (SSSR count). The number of hydrogen-bond donors (Lipinski definition) is 3. The van der Waals surface area contributed by atoms with Gasteiger partial charge in [-0.1, -0.05) is 53.2 Å². The molecular weight excluding hydrogens is 688 g/mol. The molecule has 0 aliphatic carbocycles. The van der Waals surface area contributed by atoms with Crippen LogP contribution in [0.2, 0.25) is 0 Å². The summed E-state index contributed by atoms with van der Waals surface area (Å²) in [5, 5.41) is 29.4. The lowest BCUT2D eigenvalue weighted by Crippen LogP contribution is -2.71. The summed E-state index contributed by atoms with van der Waals surface area (Å²) < 4.78 is 39.6. The molecule has 3 N–H and O–H groups in total. The topological polar surface area (TPSA) is 194 Å². The zero-order chi connectivity index (χ0) is 33.7. The van der Waals surface area contributed by atoms with Crippen molar-refractivity contribution >= 4 is 69.4 Å². The standard InChI is InChI=1S/C26H20F3N9O6S3/c1-2-8-37-25(33-35-36-37)47-11-14-10-45-21-17(20(40)38(21)18(14)22(41)42)31-19(39)16(34-44-9-13-6-4-3-5-7-13)15-12-46-24(30-15)32-23(43)26(27,28)29/h1,3-7,12,17,21H,8-11H2,(H,31,39)(H,41,42)(H,30,32,43)/b34-16+. The van der Waals surface area contributed by atoms with E-state index in [1.807, 2.05) is 0 Å². The maximum absolute atomic E-state index is 13.4. The van der Waals surface area contributed by atoms with Gasteiger partial charge in [0.15, 0.2) is 10.8 Å². The van der Waals surface area contributed by atoms with Crippen LogP contribution in [-0.4, -0.2) is 93.7 Å². The molecule has 2 aliphatic heterocycles. The maximum Gasteiger partial charge on any atom is 0.471 e. The summed E-state index contributed by atoms with van der Waals surface area (Å²) >= 11 is 2.95. The number of carbonyl (C=O) groups excluding carboxylic acids is 3. The molecule has 0 radical (unpaired) electrons. The first kappa shape index (κ1) is 33.4. The molecule has 15 nitrogen and oxygen atoms in total. The Morgan fingerprint density at radius 2 is 2.02 bits per heavy atom. The van der Waals surface area contributed by atoms with Gasteiger partial charge in [-0.15, -0.1) is 34.6 Å². The van der Waals surface area contributed by atoms with E-state index >= 15 is 0 Å². The number of rotatable bonds is 12. The fourth-order valence-corrected chi connectivity index (χ4v) is 7.25. The molecule has 47 heavy (non-hydrogen) atoms. The van der Waals surface area contributed by atoms with Crippen molar-refractivity contribution in [1.82, 2.24) is 35.4 Å². The second-order valence-corrected chi connectivity index (χ2v) is 12.3. The first-order valence-electron chi connectivity index (χ1n) is 13.1. The van der Waals surface area contributed by atoms with Crippen LogP contribution in [0.1, 0.15) is 11.3 Å². The van der Waals surface area contributed by atoms with Crippen molar-refractivity contribution in [2.24, 2.45) is 5.16 Å². The number of tetrazole rings is 1. The molecule has 1 saturated heterocycles. The van der Waals surface area contributed by atoms with E-state index in [9.17, 15) is 37.5 Å². The SMILES string of the molecule is C#CCn1nnnc1SCC1=C(C(=O)O)N2C(=O)C(NC(=O)/C(=N/OCc3ccccc3)c3csc(NC(=O)C(F)(F)F)n3)C2SC1. The third-order valence-electron chi connectivity index (χ3n) is 6.32. The van der Waals surface area contributed by atoms with Crippen molar-refractivity contribution in [3.05, 3.63) is 58.2 Å². The second-order valence-electron chi connectivity index (χ2n) is 9.42. The zero-order valence-corrected chi connectivity index (χ0v) is 26.0. The Hall–Kier alpha value is -4.94. The van der Waals surface area contributed by atoms with E-state index in [0.717, 1.165) is 16.7 Å². The molecule has 2 aromatic heterocycles. The van der Waals surface area contributed by atoms with Crippen LogP contribution >= 0.6 is 34.9 Å². The minimum atomic E-state index is -5.17. The normalized spacial score (nSPS) is 17.8. The van der Waals surface area contributed by atoms with E-state index in [-0.39, 0.29) is 36.0 Å². The average molecular weight is 708 g/mol. The predicted molar refractivity (Wildman–Crippen MR) is 162 cm³/mol. The maximum atomic E-state index is 13.4. The number of aliphatic carboxylic acids is 1. The molecule has 3 aromatic rings. The Morgan fingerprint density at radius 1 is 1.26 bits per heavy atom. The van der Waals surface area contributed by atoms with E-state index in [0.29, 0.717) is 27.6 Å². The third kappa shape index (κ3) is 7.55. The van der Waals surface area contributed by atoms with Crippen LogP contribution in [-0.2, 0) is 37.2 Å². The highest BCUT2D eigenvalue weighted by Gasteiger charge is 2.54. The first-order chi connectivity index (χ1) is 22.5. The van der Waals surface area contributed by atoms with Gasteiger partial charge in [0, 0.05) is 16.9 Å². The van der Waals surface area contributed by atoms with Crippen molar-refractivity contribution in [2.75, 3.05) is 16.8 Å². The molecule has 0 spiro atoms. The number of carboxylic acid groups (broad SMARTS) is 1. The fraction of sp³-hybridized carbons (Fsp3) is 0.269. The molecule has 2 aliphatic rings. The van der Waals surface area contributed by atoms with Crippen LogP contribution in [0.25, 0.3) is 0 Å². The van der Waals surface area contributed by atoms with E-state index in [4.69, 9.17) is 11.3 Å². The average Bonchev–Trinajstić information content (AvgIpc) is 3.69. The number of terminal acetylenes is 1. The van der Waals surface area contributed by atoms with Gasteiger partial charge in [-0.25, -0.2) is 14.5 Å². The van der Waals surface area contributed by atoms with Crippen LogP contribution in [0, 0.1) is 12.3 Å². The number of amides is 3. The smallest absolute Gasteiger partial charge is 0.471 e. The van der Waals surface area contributed by atoms with Crippen LogP contribution < -0.4 is 10.6 Å².